The van der Waals surface area contributed by atoms with Crippen LogP contribution in [0.25, 0.3) is 0 Å². The van der Waals surface area contributed by atoms with E-state index in [-0.39, 0.29) is 23.5 Å². The fourth-order valence-electron chi connectivity index (χ4n) is 5.78. The van der Waals surface area contributed by atoms with E-state index in [2.05, 4.69) is 4.90 Å². The molecule has 0 bridgehead atoms. The number of carbonyl (C=O) groups excluding carboxylic acids is 2. The summed E-state index contributed by atoms with van der Waals surface area (Å²) in [7, 11) is 0. The molecule has 0 saturated carbocycles. The lowest BCUT2D eigenvalue weighted by atomic mass is 9.71. The maximum absolute atomic E-state index is 14.2. The lowest BCUT2D eigenvalue weighted by Gasteiger charge is -2.43. The Hall–Kier alpha value is -3.26. The zero-order chi connectivity index (χ0) is 24.6. The number of amides is 2. The first-order valence-electron chi connectivity index (χ1n) is 12.3. The minimum Gasteiger partial charge on any atom is -0.492 e. The van der Waals surface area contributed by atoms with Gasteiger partial charge in [-0.05, 0) is 43.1 Å². The Morgan fingerprint density at radius 3 is 2.49 bits per heavy atom. The van der Waals surface area contributed by atoms with E-state index in [0.29, 0.717) is 30.1 Å². The molecule has 0 N–H and O–H groups in total. The fourth-order valence-corrected chi connectivity index (χ4v) is 5.78. The molecule has 184 valence electrons. The van der Waals surface area contributed by atoms with Crippen LogP contribution in [0.1, 0.15) is 37.8 Å². The quantitative estimate of drug-likeness (QED) is 0.662. The molecular formula is C27H31FN4O3. The molecule has 2 aromatic rings. The number of fused-ring (bicyclic) bond motifs is 3. The molecule has 8 heteroatoms. The second-order valence-corrected chi connectivity index (χ2v) is 9.56. The van der Waals surface area contributed by atoms with Crippen LogP contribution in [-0.2, 0) is 15.1 Å². The normalized spacial score (nSPS) is 23.9. The van der Waals surface area contributed by atoms with Crippen LogP contribution < -0.4 is 4.74 Å². The summed E-state index contributed by atoms with van der Waals surface area (Å²) in [5.74, 6) is -0.0000324. The molecule has 3 aliphatic rings. The Balaban J connectivity index is 1.45. The van der Waals surface area contributed by atoms with Crippen LogP contribution in [0.2, 0.25) is 0 Å². The fraction of sp³-hybridized carbons (Fsp3) is 0.444. The predicted octanol–water partition coefficient (Wildman–Crippen LogP) is 3.24. The molecule has 2 amide bonds. The van der Waals surface area contributed by atoms with Crippen LogP contribution in [-0.4, -0.2) is 71.7 Å². The lowest BCUT2D eigenvalue weighted by molar-refractivity contribution is -0.136. The standard InChI is InChI=1S/C27H31FN4O3/c1-19(33)31-15-13-30(14-16-31)12-6-11-27(21-7-4-3-5-8-21)24-18-35-25-10-9-22(28)17-23(25)26(24)29-32(27)20(2)34/h3-5,7-10,17,24H,6,11-16,18H2,1-2H3/t24-,27+/m0/s1. The van der Waals surface area contributed by atoms with Crippen molar-refractivity contribution < 1.29 is 18.7 Å². The molecule has 0 spiro atoms. The maximum atomic E-state index is 14.2. The molecule has 1 saturated heterocycles. The van der Waals surface area contributed by atoms with Gasteiger partial charge in [0.1, 0.15) is 17.1 Å². The molecule has 2 atom stereocenters. The Kier molecular flexibility index (Phi) is 6.32. The molecule has 2 aromatic carbocycles. The third-order valence-electron chi connectivity index (χ3n) is 7.54. The number of hydrogen-bond donors (Lipinski definition) is 0. The van der Waals surface area contributed by atoms with Gasteiger partial charge in [0, 0.05) is 45.6 Å². The van der Waals surface area contributed by atoms with Gasteiger partial charge in [0.05, 0.1) is 18.2 Å². The highest BCUT2D eigenvalue weighted by Gasteiger charge is 2.55. The molecule has 1 fully saturated rings. The van der Waals surface area contributed by atoms with Gasteiger partial charge < -0.3 is 9.64 Å². The van der Waals surface area contributed by atoms with Gasteiger partial charge in [-0.1, -0.05) is 30.3 Å². The van der Waals surface area contributed by atoms with Gasteiger partial charge in [-0.3, -0.25) is 14.5 Å². The molecule has 3 heterocycles. The maximum Gasteiger partial charge on any atom is 0.240 e. The van der Waals surface area contributed by atoms with Crippen molar-refractivity contribution in [3.05, 3.63) is 65.5 Å². The second-order valence-electron chi connectivity index (χ2n) is 9.56. The largest absolute Gasteiger partial charge is 0.492 e. The van der Waals surface area contributed by atoms with Crippen LogP contribution in [0.5, 0.6) is 5.75 Å². The molecule has 0 aliphatic carbocycles. The van der Waals surface area contributed by atoms with Crippen molar-refractivity contribution in [3.63, 3.8) is 0 Å². The van der Waals surface area contributed by atoms with Gasteiger partial charge in [0.2, 0.25) is 11.8 Å². The van der Waals surface area contributed by atoms with E-state index in [1.54, 1.807) is 18.0 Å². The van der Waals surface area contributed by atoms with Gasteiger partial charge in [-0.25, -0.2) is 9.40 Å². The van der Waals surface area contributed by atoms with Gasteiger partial charge in [0.15, 0.2) is 0 Å². The van der Waals surface area contributed by atoms with Crippen molar-refractivity contribution in [2.75, 3.05) is 39.3 Å². The third-order valence-corrected chi connectivity index (χ3v) is 7.54. The first-order chi connectivity index (χ1) is 16.9. The summed E-state index contributed by atoms with van der Waals surface area (Å²) in [5.41, 5.74) is 1.61. The van der Waals surface area contributed by atoms with Crippen molar-refractivity contribution in [2.24, 2.45) is 11.0 Å². The Bertz CT molecular complexity index is 1150. The van der Waals surface area contributed by atoms with Crippen molar-refractivity contribution in [3.8, 4) is 5.75 Å². The zero-order valence-electron chi connectivity index (χ0n) is 20.2. The average molecular weight is 479 g/mol. The SMILES string of the molecule is CC(=O)N1CCN(CCC[C@@]2(c3ccccc3)[C@H]3COc4ccc(F)cc4C3=NN2C(C)=O)CC1. The van der Waals surface area contributed by atoms with Crippen LogP contribution >= 0.6 is 0 Å². The zero-order valence-corrected chi connectivity index (χ0v) is 20.2. The number of ether oxygens (including phenoxy) is 1. The second kappa shape index (κ2) is 9.41. The highest BCUT2D eigenvalue weighted by atomic mass is 19.1. The Morgan fingerprint density at radius 2 is 1.80 bits per heavy atom. The van der Waals surface area contributed by atoms with E-state index >= 15 is 0 Å². The summed E-state index contributed by atoms with van der Waals surface area (Å²) in [6.07, 6.45) is 1.53. The summed E-state index contributed by atoms with van der Waals surface area (Å²) in [4.78, 5) is 28.9. The van der Waals surface area contributed by atoms with Crippen LogP contribution in [0, 0.1) is 11.7 Å². The highest BCUT2D eigenvalue weighted by molar-refractivity contribution is 6.08. The molecule has 0 radical (unpaired) electrons. The number of carbonyl (C=O) groups is 2. The number of benzene rings is 2. The van der Waals surface area contributed by atoms with Gasteiger partial charge in [-0.15, -0.1) is 0 Å². The number of rotatable bonds is 5. The highest BCUT2D eigenvalue weighted by Crippen LogP contribution is 2.49. The summed E-state index contributed by atoms with van der Waals surface area (Å²) in [5, 5.41) is 6.42. The molecule has 0 unspecified atom stereocenters. The number of nitrogens with zero attached hydrogens (tertiary/aromatic N) is 4. The van der Waals surface area contributed by atoms with Crippen molar-refractivity contribution in [1.29, 1.82) is 0 Å². The molecule has 5 rings (SSSR count). The van der Waals surface area contributed by atoms with Gasteiger partial charge in [-0.2, -0.15) is 5.10 Å². The van der Waals surface area contributed by atoms with Crippen molar-refractivity contribution >= 4 is 17.5 Å². The molecular weight excluding hydrogens is 447 g/mol. The topological polar surface area (TPSA) is 65.5 Å². The van der Waals surface area contributed by atoms with Crippen LogP contribution in [0.15, 0.2) is 53.6 Å². The first kappa shape index (κ1) is 23.5. The third kappa shape index (κ3) is 4.20. The lowest BCUT2D eigenvalue weighted by Crippen LogP contribution is -2.51. The number of piperazine rings is 1. The van der Waals surface area contributed by atoms with E-state index in [9.17, 15) is 14.0 Å². The summed E-state index contributed by atoms with van der Waals surface area (Å²) in [6, 6.07) is 14.5. The van der Waals surface area contributed by atoms with E-state index in [1.165, 1.54) is 19.1 Å². The van der Waals surface area contributed by atoms with Crippen LogP contribution in [0.4, 0.5) is 4.39 Å². The summed E-state index contributed by atoms with van der Waals surface area (Å²) >= 11 is 0. The van der Waals surface area contributed by atoms with E-state index < -0.39 is 5.54 Å². The van der Waals surface area contributed by atoms with Gasteiger partial charge in [0.25, 0.3) is 0 Å². The molecule has 7 nitrogen and oxygen atoms in total. The smallest absolute Gasteiger partial charge is 0.240 e. The van der Waals surface area contributed by atoms with E-state index in [0.717, 1.165) is 44.7 Å². The van der Waals surface area contributed by atoms with Gasteiger partial charge >= 0.3 is 0 Å². The predicted molar refractivity (Wildman–Crippen MR) is 130 cm³/mol. The average Bonchev–Trinajstić information content (AvgIpc) is 3.21. The Labute approximate surface area is 205 Å². The van der Waals surface area contributed by atoms with Crippen molar-refractivity contribution in [1.82, 2.24) is 14.8 Å². The molecule has 0 aromatic heterocycles. The minimum atomic E-state index is -0.715. The van der Waals surface area contributed by atoms with E-state index in [4.69, 9.17) is 9.84 Å². The van der Waals surface area contributed by atoms with Crippen LogP contribution in [0.3, 0.4) is 0 Å². The minimum absolute atomic E-state index is 0.120. The first-order valence-corrected chi connectivity index (χ1v) is 12.3. The number of hydrogen-bond acceptors (Lipinski definition) is 5. The monoisotopic (exact) mass is 478 g/mol. The van der Waals surface area contributed by atoms with Crippen molar-refractivity contribution in [2.45, 2.75) is 32.2 Å². The van der Waals surface area contributed by atoms with E-state index in [1.807, 2.05) is 35.2 Å². The number of hydrazone groups is 1. The number of halogens is 1. The molecule has 3 aliphatic heterocycles. The molecule has 35 heavy (non-hydrogen) atoms. The summed E-state index contributed by atoms with van der Waals surface area (Å²) < 4.78 is 20.3. The Morgan fingerprint density at radius 1 is 1.06 bits per heavy atom. The summed E-state index contributed by atoms with van der Waals surface area (Å²) in [6.45, 7) is 7.55.